The van der Waals surface area contributed by atoms with Gasteiger partial charge in [-0.2, -0.15) is 0 Å². The summed E-state index contributed by atoms with van der Waals surface area (Å²) in [7, 11) is 0. The number of fused-ring (bicyclic) bond motifs is 1. The normalized spacial score (nSPS) is 22.7. The molecule has 0 unspecified atom stereocenters. The summed E-state index contributed by atoms with van der Waals surface area (Å²) in [5.74, 6) is -0.0181. The number of aromatic nitrogens is 1. The third-order valence-corrected chi connectivity index (χ3v) is 4.44. The number of piperidine rings is 1. The molecule has 3 rings (SSSR count). The number of hydrogen-bond donors (Lipinski definition) is 2. The van der Waals surface area contributed by atoms with E-state index in [0.717, 1.165) is 30.2 Å². The van der Waals surface area contributed by atoms with Crippen LogP contribution < -0.4 is 0 Å². The number of nitrogens with zero attached hydrogens (tertiary/aromatic N) is 1. The maximum atomic E-state index is 12.7. The number of nitrogens with one attached hydrogen (secondary N) is 1. The Morgan fingerprint density at radius 1 is 1.38 bits per heavy atom. The molecular weight excluding hydrogens is 264 g/mol. The molecule has 1 amide bonds. The lowest BCUT2D eigenvalue weighted by Gasteiger charge is -2.35. The van der Waals surface area contributed by atoms with Gasteiger partial charge in [0.25, 0.3) is 5.91 Å². The molecule has 21 heavy (non-hydrogen) atoms. The van der Waals surface area contributed by atoms with E-state index in [2.05, 4.69) is 30.1 Å². The molecule has 112 valence electrons. The minimum absolute atomic E-state index is 0.0181. The number of aryl methyl sites for hydroxylation is 1. The van der Waals surface area contributed by atoms with Crippen LogP contribution in [0.2, 0.25) is 0 Å². The van der Waals surface area contributed by atoms with Crippen molar-refractivity contribution in [3.05, 3.63) is 35.5 Å². The van der Waals surface area contributed by atoms with E-state index in [9.17, 15) is 9.90 Å². The highest BCUT2D eigenvalue weighted by atomic mass is 16.3. The molecule has 0 spiro atoms. The summed E-state index contributed by atoms with van der Waals surface area (Å²) in [5, 5.41) is 10.9. The van der Waals surface area contributed by atoms with Crippen molar-refractivity contribution in [1.29, 1.82) is 0 Å². The number of amides is 1. The first-order valence-electron chi connectivity index (χ1n) is 7.69. The van der Waals surface area contributed by atoms with Gasteiger partial charge in [0.05, 0.1) is 6.10 Å². The second-order valence-corrected chi connectivity index (χ2v) is 6.00. The quantitative estimate of drug-likeness (QED) is 0.892. The van der Waals surface area contributed by atoms with Crippen LogP contribution in [0, 0.1) is 0 Å². The van der Waals surface area contributed by atoms with Gasteiger partial charge in [0.2, 0.25) is 0 Å². The van der Waals surface area contributed by atoms with E-state index in [-0.39, 0.29) is 11.9 Å². The predicted octanol–water partition coefficient (Wildman–Crippen LogP) is 2.72. The number of carbonyl (C=O) groups excluding carboxylic acids is 1. The van der Waals surface area contributed by atoms with Crippen LogP contribution >= 0.6 is 0 Å². The van der Waals surface area contributed by atoms with E-state index in [1.807, 2.05) is 13.0 Å². The SMILES string of the molecule is CCc1ccc2cc(C(=O)N3C[C@H](O)CC[C@H]3C)[nH]c2c1. The highest BCUT2D eigenvalue weighted by Crippen LogP contribution is 2.22. The van der Waals surface area contributed by atoms with Crippen molar-refractivity contribution in [2.24, 2.45) is 0 Å². The highest BCUT2D eigenvalue weighted by molar-refractivity contribution is 5.98. The van der Waals surface area contributed by atoms with Gasteiger partial charge in [0, 0.05) is 23.5 Å². The molecule has 0 radical (unpaired) electrons. The first-order valence-corrected chi connectivity index (χ1v) is 7.69. The average Bonchev–Trinajstić information content (AvgIpc) is 2.91. The third-order valence-electron chi connectivity index (χ3n) is 4.44. The van der Waals surface area contributed by atoms with Crippen LogP contribution in [0.3, 0.4) is 0 Å². The number of aliphatic hydroxyl groups is 1. The monoisotopic (exact) mass is 286 g/mol. The smallest absolute Gasteiger partial charge is 0.270 e. The summed E-state index contributed by atoms with van der Waals surface area (Å²) in [6.07, 6.45) is 2.21. The molecule has 4 heteroatoms. The molecule has 2 aromatic rings. The molecule has 1 fully saturated rings. The van der Waals surface area contributed by atoms with Gasteiger partial charge in [0.1, 0.15) is 5.69 Å². The van der Waals surface area contributed by atoms with E-state index in [4.69, 9.17) is 0 Å². The molecule has 4 nitrogen and oxygen atoms in total. The lowest BCUT2D eigenvalue weighted by molar-refractivity contribution is 0.0306. The van der Waals surface area contributed by atoms with Crippen LogP contribution in [0.15, 0.2) is 24.3 Å². The summed E-state index contributed by atoms with van der Waals surface area (Å²) >= 11 is 0. The van der Waals surface area contributed by atoms with Gasteiger partial charge in [-0.25, -0.2) is 0 Å². The number of benzene rings is 1. The third kappa shape index (κ3) is 2.68. The van der Waals surface area contributed by atoms with E-state index in [1.165, 1.54) is 5.56 Å². The fourth-order valence-electron chi connectivity index (χ4n) is 3.03. The predicted molar refractivity (Wildman–Crippen MR) is 83.4 cm³/mol. The van der Waals surface area contributed by atoms with Crippen molar-refractivity contribution in [1.82, 2.24) is 9.88 Å². The van der Waals surface area contributed by atoms with Crippen molar-refractivity contribution in [3.8, 4) is 0 Å². The molecule has 1 aromatic carbocycles. The number of rotatable bonds is 2. The summed E-state index contributed by atoms with van der Waals surface area (Å²) in [4.78, 5) is 17.7. The number of β-amino-alcohol motifs (C(OH)–C–C–N with tert-alkyl or cyclic N) is 1. The van der Waals surface area contributed by atoms with Crippen molar-refractivity contribution < 1.29 is 9.90 Å². The number of carbonyl (C=O) groups is 1. The maximum absolute atomic E-state index is 12.7. The van der Waals surface area contributed by atoms with Crippen molar-refractivity contribution in [3.63, 3.8) is 0 Å². The second kappa shape index (κ2) is 5.53. The Balaban J connectivity index is 1.90. The highest BCUT2D eigenvalue weighted by Gasteiger charge is 2.29. The van der Waals surface area contributed by atoms with E-state index >= 15 is 0 Å². The Morgan fingerprint density at radius 3 is 2.95 bits per heavy atom. The zero-order chi connectivity index (χ0) is 15.0. The van der Waals surface area contributed by atoms with E-state index in [0.29, 0.717) is 12.2 Å². The van der Waals surface area contributed by atoms with Crippen LogP contribution in [-0.2, 0) is 6.42 Å². The fraction of sp³-hybridized carbons (Fsp3) is 0.471. The number of likely N-dealkylation sites (tertiary alicyclic amines) is 1. The Bertz CT molecular complexity index is 662. The molecule has 2 heterocycles. The molecule has 1 aromatic heterocycles. The topological polar surface area (TPSA) is 56.3 Å². The minimum Gasteiger partial charge on any atom is -0.391 e. The zero-order valence-corrected chi connectivity index (χ0v) is 12.6. The van der Waals surface area contributed by atoms with Gasteiger partial charge >= 0.3 is 0 Å². The van der Waals surface area contributed by atoms with Gasteiger partial charge in [-0.1, -0.05) is 19.1 Å². The van der Waals surface area contributed by atoms with E-state index in [1.54, 1.807) is 4.90 Å². The van der Waals surface area contributed by atoms with E-state index < -0.39 is 6.10 Å². The van der Waals surface area contributed by atoms with Gasteiger partial charge < -0.3 is 15.0 Å². The van der Waals surface area contributed by atoms with Crippen LogP contribution in [0.5, 0.6) is 0 Å². The number of hydrogen-bond acceptors (Lipinski definition) is 2. The molecule has 2 N–H and O–H groups in total. The average molecular weight is 286 g/mol. The van der Waals surface area contributed by atoms with Gasteiger partial charge in [-0.05, 0) is 43.9 Å². The molecule has 1 aliphatic heterocycles. The Morgan fingerprint density at radius 2 is 2.19 bits per heavy atom. The van der Waals surface area contributed by atoms with Crippen LogP contribution in [-0.4, -0.2) is 39.6 Å². The Kier molecular flexibility index (Phi) is 3.72. The summed E-state index contributed by atoms with van der Waals surface area (Å²) in [5.41, 5.74) is 2.87. The Labute approximate surface area is 124 Å². The van der Waals surface area contributed by atoms with Gasteiger partial charge in [0.15, 0.2) is 0 Å². The lowest BCUT2D eigenvalue weighted by Crippen LogP contribution is -2.47. The van der Waals surface area contributed by atoms with Gasteiger partial charge in [-0.15, -0.1) is 0 Å². The maximum Gasteiger partial charge on any atom is 0.270 e. The molecule has 1 aliphatic rings. The Hall–Kier alpha value is -1.81. The first-order chi connectivity index (χ1) is 10.1. The molecule has 2 atom stereocenters. The van der Waals surface area contributed by atoms with Crippen LogP contribution in [0.1, 0.15) is 42.7 Å². The second-order valence-electron chi connectivity index (χ2n) is 6.00. The summed E-state index contributed by atoms with van der Waals surface area (Å²) in [6, 6.07) is 8.33. The molecule has 1 saturated heterocycles. The largest absolute Gasteiger partial charge is 0.391 e. The summed E-state index contributed by atoms with van der Waals surface area (Å²) < 4.78 is 0. The molecule has 0 aliphatic carbocycles. The molecular formula is C17H22N2O2. The van der Waals surface area contributed by atoms with Crippen molar-refractivity contribution in [2.75, 3.05) is 6.54 Å². The summed E-state index contributed by atoms with van der Waals surface area (Å²) in [6.45, 7) is 4.59. The number of aliphatic hydroxyl groups excluding tert-OH is 1. The number of H-pyrrole nitrogens is 1. The molecule has 0 saturated carbocycles. The van der Waals surface area contributed by atoms with Crippen molar-refractivity contribution >= 4 is 16.8 Å². The zero-order valence-electron chi connectivity index (χ0n) is 12.6. The number of aromatic amines is 1. The standard InChI is InChI=1S/C17H22N2O2/c1-3-12-5-6-13-9-16(18-15(13)8-12)17(21)19-10-14(20)7-4-11(19)2/h5-6,8-9,11,14,18,20H,3-4,7,10H2,1-2H3/t11-,14-/m1/s1. The fourth-order valence-corrected chi connectivity index (χ4v) is 3.03. The minimum atomic E-state index is -0.402. The van der Waals surface area contributed by atoms with Crippen LogP contribution in [0.25, 0.3) is 10.9 Å². The van der Waals surface area contributed by atoms with Crippen LogP contribution in [0.4, 0.5) is 0 Å². The first kappa shape index (κ1) is 14.1. The molecule has 0 bridgehead atoms. The van der Waals surface area contributed by atoms with Crippen molar-refractivity contribution in [2.45, 2.75) is 45.3 Å². The lowest BCUT2D eigenvalue weighted by atomic mass is 10.0. The van der Waals surface area contributed by atoms with Gasteiger partial charge in [-0.3, -0.25) is 4.79 Å².